The molecule has 1 atom stereocenters. The summed E-state index contributed by atoms with van der Waals surface area (Å²) < 4.78 is 0. The molecule has 3 N–H and O–H groups in total. The molecule has 1 fully saturated rings. The molecule has 0 spiro atoms. The Hall–Kier alpha value is -1.13. The number of nitrogens with zero attached hydrogens (tertiary/aromatic N) is 2. The Morgan fingerprint density at radius 3 is 2.59 bits per heavy atom. The van der Waals surface area contributed by atoms with Gasteiger partial charge in [-0.15, -0.1) is 0 Å². The number of aromatic nitrogens is 1. The molecule has 0 aliphatic carbocycles. The van der Waals surface area contributed by atoms with Crippen molar-refractivity contribution in [3.63, 3.8) is 0 Å². The highest BCUT2D eigenvalue weighted by Crippen LogP contribution is 2.24. The van der Waals surface area contributed by atoms with Crippen LogP contribution >= 0.6 is 0 Å². The number of pyridine rings is 1. The molecule has 0 amide bonds. The number of hydrogen-bond acceptors (Lipinski definition) is 4. The van der Waals surface area contributed by atoms with Crippen molar-refractivity contribution in [1.82, 2.24) is 4.98 Å². The highest BCUT2D eigenvalue weighted by molar-refractivity contribution is 5.41. The van der Waals surface area contributed by atoms with Crippen LogP contribution in [0.4, 0.5) is 5.82 Å². The van der Waals surface area contributed by atoms with E-state index in [1.165, 1.54) is 12.8 Å². The van der Waals surface area contributed by atoms with Gasteiger partial charge < -0.3 is 15.7 Å². The molecule has 0 saturated carbocycles. The van der Waals surface area contributed by atoms with Gasteiger partial charge in [-0.1, -0.05) is 13.0 Å². The van der Waals surface area contributed by atoms with Crippen LogP contribution in [-0.4, -0.2) is 36.3 Å². The first kappa shape index (κ1) is 12.3. The number of nitrogens with two attached hydrogens (primary N) is 1. The van der Waals surface area contributed by atoms with E-state index in [1.54, 1.807) is 0 Å². The molecule has 2 rings (SSSR count). The second-order valence-electron chi connectivity index (χ2n) is 5.02. The van der Waals surface area contributed by atoms with Gasteiger partial charge in [0.05, 0.1) is 6.61 Å². The Balaban J connectivity index is 2.17. The average molecular weight is 235 g/mol. The molecule has 4 nitrogen and oxygen atoms in total. The van der Waals surface area contributed by atoms with Crippen molar-refractivity contribution in [2.24, 2.45) is 5.73 Å². The number of hydrogen-bond donors (Lipinski definition) is 2. The smallest absolute Gasteiger partial charge is 0.128 e. The molecule has 1 unspecified atom stereocenters. The Kier molecular flexibility index (Phi) is 3.64. The third-order valence-corrected chi connectivity index (χ3v) is 3.67. The minimum atomic E-state index is -0.378. The molecule has 1 aliphatic heterocycles. The second-order valence-corrected chi connectivity index (χ2v) is 5.02. The fraction of sp³-hybridized carbons (Fsp3) is 0.615. The van der Waals surface area contributed by atoms with Crippen molar-refractivity contribution in [1.29, 1.82) is 0 Å². The van der Waals surface area contributed by atoms with E-state index >= 15 is 0 Å². The Morgan fingerprint density at radius 2 is 2.12 bits per heavy atom. The van der Waals surface area contributed by atoms with Crippen molar-refractivity contribution in [3.8, 4) is 0 Å². The number of aliphatic hydroxyl groups is 1. The summed E-state index contributed by atoms with van der Waals surface area (Å²) in [7, 11) is 0. The van der Waals surface area contributed by atoms with Crippen molar-refractivity contribution in [3.05, 3.63) is 23.9 Å². The summed E-state index contributed by atoms with van der Waals surface area (Å²) in [5.41, 5.74) is 6.34. The third-order valence-electron chi connectivity index (χ3n) is 3.67. The number of rotatable bonds is 4. The largest absolute Gasteiger partial charge is 0.395 e. The molecular formula is C13H21N3O. The van der Waals surface area contributed by atoms with Crippen LogP contribution in [0.15, 0.2) is 18.3 Å². The summed E-state index contributed by atoms with van der Waals surface area (Å²) >= 11 is 0. The predicted octanol–water partition coefficient (Wildman–Crippen LogP) is 0.890. The van der Waals surface area contributed by atoms with Gasteiger partial charge in [0, 0.05) is 31.2 Å². The van der Waals surface area contributed by atoms with Crippen molar-refractivity contribution in [2.75, 3.05) is 31.1 Å². The van der Waals surface area contributed by atoms with Crippen LogP contribution in [0.3, 0.4) is 0 Å². The standard InChI is InChI=1S/C13H21N3O/c1-13(9-14,10-17)11-4-5-12(15-8-11)16-6-2-3-7-16/h4-5,8,17H,2-3,6-7,9-10,14H2,1H3. The SMILES string of the molecule is CC(CN)(CO)c1ccc(N2CCCC2)nc1. The predicted molar refractivity (Wildman–Crippen MR) is 69.2 cm³/mol. The fourth-order valence-corrected chi connectivity index (χ4v) is 2.15. The molecular weight excluding hydrogens is 214 g/mol. The highest BCUT2D eigenvalue weighted by atomic mass is 16.3. The maximum Gasteiger partial charge on any atom is 0.128 e. The molecule has 0 bridgehead atoms. The normalized spacial score (nSPS) is 19.4. The van der Waals surface area contributed by atoms with Crippen molar-refractivity contribution < 1.29 is 5.11 Å². The third kappa shape index (κ3) is 2.42. The Labute approximate surface area is 102 Å². The number of aliphatic hydroxyl groups excluding tert-OH is 1. The summed E-state index contributed by atoms with van der Waals surface area (Å²) in [5.74, 6) is 1.03. The monoisotopic (exact) mass is 235 g/mol. The van der Waals surface area contributed by atoms with Crippen LogP contribution in [0.5, 0.6) is 0 Å². The maximum atomic E-state index is 9.40. The van der Waals surface area contributed by atoms with Crippen LogP contribution < -0.4 is 10.6 Å². The van der Waals surface area contributed by atoms with Gasteiger partial charge >= 0.3 is 0 Å². The van der Waals surface area contributed by atoms with Crippen LogP contribution in [0.25, 0.3) is 0 Å². The van der Waals surface area contributed by atoms with E-state index in [4.69, 9.17) is 5.73 Å². The first-order valence-electron chi connectivity index (χ1n) is 6.22. The van der Waals surface area contributed by atoms with Gasteiger partial charge in [-0.3, -0.25) is 0 Å². The van der Waals surface area contributed by atoms with Crippen LogP contribution in [-0.2, 0) is 5.41 Å². The molecule has 1 saturated heterocycles. The first-order chi connectivity index (χ1) is 8.19. The number of anilines is 1. The van der Waals surface area contributed by atoms with E-state index in [0.717, 1.165) is 24.5 Å². The van der Waals surface area contributed by atoms with E-state index in [0.29, 0.717) is 6.54 Å². The molecule has 1 aliphatic rings. The zero-order valence-corrected chi connectivity index (χ0v) is 10.4. The Morgan fingerprint density at radius 1 is 1.41 bits per heavy atom. The lowest BCUT2D eigenvalue weighted by Crippen LogP contribution is -2.35. The van der Waals surface area contributed by atoms with Crippen LogP contribution in [0.1, 0.15) is 25.3 Å². The van der Waals surface area contributed by atoms with Gasteiger partial charge in [-0.2, -0.15) is 0 Å². The highest BCUT2D eigenvalue weighted by Gasteiger charge is 2.24. The zero-order chi connectivity index (χ0) is 12.3. The maximum absolute atomic E-state index is 9.40. The van der Waals surface area contributed by atoms with Gasteiger partial charge in [-0.05, 0) is 24.5 Å². The van der Waals surface area contributed by atoms with Gasteiger partial charge in [0.15, 0.2) is 0 Å². The van der Waals surface area contributed by atoms with E-state index in [1.807, 2.05) is 25.3 Å². The molecule has 2 heterocycles. The lowest BCUT2D eigenvalue weighted by Gasteiger charge is -2.26. The molecule has 1 aromatic heterocycles. The minimum absolute atomic E-state index is 0.0498. The summed E-state index contributed by atoms with van der Waals surface area (Å²) in [6, 6.07) is 4.06. The first-order valence-corrected chi connectivity index (χ1v) is 6.22. The van der Waals surface area contributed by atoms with E-state index in [9.17, 15) is 5.11 Å². The van der Waals surface area contributed by atoms with Crippen molar-refractivity contribution in [2.45, 2.75) is 25.2 Å². The lowest BCUT2D eigenvalue weighted by molar-refractivity contribution is 0.210. The van der Waals surface area contributed by atoms with Gasteiger partial charge in [0.2, 0.25) is 0 Å². The topological polar surface area (TPSA) is 62.4 Å². The van der Waals surface area contributed by atoms with E-state index < -0.39 is 0 Å². The summed E-state index contributed by atoms with van der Waals surface area (Å²) in [5, 5.41) is 9.40. The fourth-order valence-electron chi connectivity index (χ4n) is 2.15. The Bertz CT molecular complexity index is 353. The molecule has 94 valence electrons. The van der Waals surface area contributed by atoms with E-state index in [-0.39, 0.29) is 12.0 Å². The molecule has 1 aromatic rings. The lowest BCUT2D eigenvalue weighted by atomic mass is 9.84. The molecule has 0 aromatic carbocycles. The van der Waals surface area contributed by atoms with Gasteiger partial charge in [-0.25, -0.2) is 4.98 Å². The summed E-state index contributed by atoms with van der Waals surface area (Å²) in [6.07, 6.45) is 4.35. The van der Waals surface area contributed by atoms with Crippen LogP contribution in [0, 0.1) is 0 Å². The quantitative estimate of drug-likeness (QED) is 0.813. The molecule has 4 heteroatoms. The molecule has 17 heavy (non-hydrogen) atoms. The summed E-state index contributed by atoms with van der Waals surface area (Å²) in [6.45, 7) is 4.63. The van der Waals surface area contributed by atoms with E-state index in [2.05, 4.69) is 9.88 Å². The zero-order valence-electron chi connectivity index (χ0n) is 10.4. The van der Waals surface area contributed by atoms with Gasteiger partial charge in [0.25, 0.3) is 0 Å². The average Bonchev–Trinajstić information content (AvgIpc) is 2.92. The molecule has 0 radical (unpaired) electrons. The van der Waals surface area contributed by atoms with Crippen LogP contribution in [0.2, 0.25) is 0 Å². The van der Waals surface area contributed by atoms with Gasteiger partial charge in [0.1, 0.15) is 5.82 Å². The second kappa shape index (κ2) is 5.02. The minimum Gasteiger partial charge on any atom is -0.395 e. The summed E-state index contributed by atoms with van der Waals surface area (Å²) in [4.78, 5) is 6.78. The van der Waals surface area contributed by atoms with Crippen molar-refractivity contribution >= 4 is 5.82 Å².